The van der Waals surface area contributed by atoms with E-state index in [1.54, 1.807) is 11.3 Å². The smallest absolute Gasteiger partial charge is 0.224 e. The van der Waals surface area contributed by atoms with Crippen molar-refractivity contribution in [1.29, 1.82) is 0 Å². The summed E-state index contributed by atoms with van der Waals surface area (Å²) in [6.07, 6.45) is 5.14. The summed E-state index contributed by atoms with van der Waals surface area (Å²) < 4.78 is 0. The van der Waals surface area contributed by atoms with E-state index in [1.165, 1.54) is 12.8 Å². The zero-order valence-corrected chi connectivity index (χ0v) is 11.4. The van der Waals surface area contributed by atoms with E-state index >= 15 is 0 Å². The highest BCUT2D eigenvalue weighted by atomic mass is 32.1. The third kappa shape index (κ3) is 3.82. The van der Waals surface area contributed by atoms with E-state index in [1.807, 2.05) is 16.8 Å². The van der Waals surface area contributed by atoms with Crippen molar-refractivity contribution in [1.82, 2.24) is 5.32 Å². The van der Waals surface area contributed by atoms with Crippen LogP contribution in [-0.2, 0) is 11.2 Å². The van der Waals surface area contributed by atoms with Crippen LogP contribution in [0, 0.1) is 11.8 Å². The molecule has 0 bridgehead atoms. The number of amides is 1. The number of thiophene rings is 1. The largest absolute Gasteiger partial charge is 0.396 e. The summed E-state index contributed by atoms with van der Waals surface area (Å²) in [4.78, 5) is 11.8. The number of nitrogens with one attached hydrogen (secondary N) is 1. The zero-order valence-electron chi connectivity index (χ0n) is 10.6. The van der Waals surface area contributed by atoms with Gasteiger partial charge < -0.3 is 10.4 Å². The monoisotopic (exact) mass is 267 g/mol. The second-order valence-electron chi connectivity index (χ2n) is 5.10. The van der Waals surface area contributed by atoms with E-state index in [0.29, 0.717) is 24.8 Å². The number of carbonyl (C=O) groups is 1. The first-order valence-corrected chi connectivity index (χ1v) is 7.62. The predicted octanol–water partition coefficient (Wildman–Crippen LogP) is 2.21. The van der Waals surface area contributed by atoms with Crippen LogP contribution in [0.25, 0.3) is 0 Å². The van der Waals surface area contributed by atoms with Gasteiger partial charge in [-0.3, -0.25) is 4.79 Å². The van der Waals surface area contributed by atoms with E-state index in [9.17, 15) is 9.90 Å². The molecule has 3 nitrogen and oxygen atoms in total. The van der Waals surface area contributed by atoms with Crippen molar-refractivity contribution < 1.29 is 9.90 Å². The normalized spacial score (nSPS) is 23.8. The Balaban J connectivity index is 1.74. The first kappa shape index (κ1) is 13.6. The minimum atomic E-state index is 0.0932. The lowest BCUT2D eigenvalue weighted by molar-refractivity contribution is -0.120. The SMILES string of the molecule is O=C(Cc1ccsc1)NCC1CCCCC1CO. The molecule has 1 aliphatic rings. The molecule has 0 radical (unpaired) electrons. The van der Waals surface area contributed by atoms with Crippen LogP contribution in [0.2, 0.25) is 0 Å². The average molecular weight is 267 g/mol. The Morgan fingerprint density at radius 3 is 2.83 bits per heavy atom. The van der Waals surface area contributed by atoms with Crippen LogP contribution in [0.15, 0.2) is 16.8 Å². The van der Waals surface area contributed by atoms with Gasteiger partial charge in [0, 0.05) is 13.2 Å². The van der Waals surface area contributed by atoms with Gasteiger partial charge in [-0.05, 0) is 47.1 Å². The van der Waals surface area contributed by atoms with Gasteiger partial charge in [-0.15, -0.1) is 0 Å². The number of hydrogen-bond donors (Lipinski definition) is 2. The lowest BCUT2D eigenvalue weighted by Crippen LogP contribution is -2.36. The van der Waals surface area contributed by atoms with Gasteiger partial charge in [0.25, 0.3) is 0 Å². The predicted molar refractivity (Wildman–Crippen MR) is 73.6 cm³/mol. The molecule has 4 heteroatoms. The molecule has 1 heterocycles. The number of carbonyl (C=O) groups excluding carboxylic acids is 1. The van der Waals surface area contributed by atoms with Crippen molar-refractivity contribution in [3.63, 3.8) is 0 Å². The third-order valence-corrected chi connectivity index (χ3v) is 4.54. The Morgan fingerprint density at radius 2 is 2.17 bits per heavy atom. The van der Waals surface area contributed by atoms with Gasteiger partial charge >= 0.3 is 0 Å². The Morgan fingerprint density at radius 1 is 1.39 bits per heavy atom. The third-order valence-electron chi connectivity index (χ3n) is 3.81. The van der Waals surface area contributed by atoms with Crippen molar-refractivity contribution in [3.8, 4) is 0 Å². The van der Waals surface area contributed by atoms with E-state index in [2.05, 4.69) is 5.32 Å². The lowest BCUT2D eigenvalue weighted by Gasteiger charge is -2.30. The molecule has 1 aromatic heterocycles. The van der Waals surface area contributed by atoms with Crippen molar-refractivity contribution in [2.24, 2.45) is 11.8 Å². The molecular formula is C14H21NO2S. The van der Waals surface area contributed by atoms with Crippen molar-refractivity contribution in [2.45, 2.75) is 32.1 Å². The number of aliphatic hydroxyl groups is 1. The molecule has 1 aliphatic carbocycles. The maximum atomic E-state index is 11.8. The fourth-order valence-electron chi connectivity index (χ4n) is 2.68. The minimum Gasteiger partial charge on any atom is -0.396 e. The summed E-state index contributed by atoms with van der Waals surface area (Å²) in [6.45, 7) is 0.971. The van der Waals surface area contributed by atoms with Crippen LogP contribution in [0.1, 0.15) is 31.2 Å². The van der Waals surface area contributed by atoms with Gasteiger partial charge in [0.1, 0.15) is 0 Å². The van der Waals surface area contributed by atoms with Crippen molar-refractivity contribution in [2.75, 3.05) is 13.2 Å². The number of aliphatic hydroxyl groups excluding tert-OH is 1. The zero-order chi connectivity index (χ0) is 12.8. The fourth-order valence-corrected chi connectivity index (χ4v) is 3.35. The Labute approximate surface area is 112 Å². The fraction of sp³-hybridized carbons (Fsp3) is 0.643. The van der Waals surface area contributed by atoms with Crippen LogP contribution in [-0.4, -0.2) is 24.2 Å². The highest BCUT2D eigenvalue weighted by Gasteiger charge is 2.24. The molecule has 0 aliphatic heterocycles. The first-order chi connectivity index (χ1) is 8.79. The standard InChI is InChI=1S/C14H21NO2S/c16-9-13-4-2-1-3-12(13)8-15-14(17)7-11-5-6-18-10-11/h5-6,10,12-13,16H,1-4,7-9H2,(H,15,17). The summed E-state index contributed by atoms with van der Waals surface area (Å²) in [5.41, 5.74) is 1.08. The number of rotatable bonds is 5. The maximum Gasteiger partial charge on any atom is 0.224 e. The van der Waals surface area contributed by atoms with Crippen LogP contribution in [0.4, 0.5) is 0 Å². The van der Waals surface area contributed by atoms with E-state index < -0.39 is 0 Å². The molecule has 0 aromatic carbocycles. The molecule has 0 saturated heterocycles. The van der Waals surface area contributed by atoms with Gasteiger partial charge in [-0.1, -0.05) is 12.8 Å². The molecule has 1 aromatic rings. The molecule has 0 spiro atoms. The summed E-state index contributed by atoms with van der Waals surface area (Å²) in [5, 5.41) is 16.3. The van der Waals surface area contributed by atoms with Gasteiger partial charge in [-0.25, -0.2) is 0 Å². The summed E-state index contributed by atoms with van der Waals surface area (Å²) in [7, 11) is 0. The summed E-state index contributed by atoms with van der Waals surface area (Å²) >= 11 is 1.62. The molecular weight excluding hydrogens is 246 g/mol. The summed E-state index contributed by atoms with van der Waals surface area (Å²) in [6, 6.07) is 1.99. The van der Waals surface area contributed by atoms with Gasteiger partial charge in [0.2, 0.25) is 5.91 Å². The van der Waals surface area contributed by atoms with Crippen LogP contribution in [0.5, 0.6) is 0 Å². The van der Waals surface area contributed by atoms with Crippen LogP contribution < -0.4 is 5.32 Å². The van der Waals surface area contributed by atoms with Crippen molar-refractivity contribution >= 4 is 17.2 Å². The molecule has 1 fully saturated rings. The average Bonchev–Trinajstić information content (AvgIpc) is 2.89. The highest BCUT2D eigenvalue weighted by molar-refractivity contribution is 7.07. The molecule has 100 valence electrons. The molecule has 2 unspecified atom stereocenters. The molecule has 1 amide bonds. The van der Waals surface area contributed by atoms with Gasteiger partial charge in [-0.2, -0.15) is 11.3 Å². The molecule has 2 N–H and O–H groups in total. The highest BCUT2D eigenvalue weighted by Crippen LogP contribution is 2.29. The molecule has 1 saturated carbocycles. The van der Waals surface area contributed by atoms with Crippen LogP contribution in [0.3, 0.4) is 0 Å². The Kier molecular flexibility index (Phi) is 5.20. The second-order valence-corrected chi connectivity index (χ2v) is 5.88. The van der Waals surface area contributed by atoms with Crippen molar-refractivity contribution in [3.05, 3.63) is 22.4 Å². The van der Waals surface area contributed by atoms with Gasteiger partial charge in [0.05, 0.1) is 6.42 Å². The van der Waals surface area contributed by atoms with Gasteiger partial charge in [0.15, 0.2) is 0 Å². The molecule has 2 rings (SSSR count). The van der Waals surface area contributed by atoms with E-state index in [-0.39, 0.29) is 12.5 Å². The molecule has 2 atom stereocenters. The first-order valence-electron chi connectivity index (χ1n) is 6.68. The quantitative estimate of drug-likeness (QED) is 0.859. The lowest BCUT2D eigenvalue weighted by atomic mass is 9.79. The van der Waals surface area contributed by atoms with E-state index in [4.69, 9.17) is 0 Å². The summed E-state index contributed by atoms with van der Waals surface area (Å²) in [5.74, 6) is 0.922. The number of hydrogen-bond acceptors (Lipinski definition) is 3. The topological polar surface area (TPSA) is 49.3 Å². The Bertz CT molecular complexity index is 364. The molecule has 18 heavy (non-hydrogen) atoms. The Hall–Kier alpha value is -0.870. The van der Waals surface area contributed by atoms with Crippen LogP contribution >= 0.6 is 11.3 Å². The minimum absolute atomic E-state index is 0.0932. The maximum absolute atomic E-state index is 11.8. The second kappa shape index (κ2) is 6.90. The van der Waals surface area contributed by atoms with E-state index in [0.717, 1.165) is 18.4 Å².